The lowest BCUT2D eigenvalue weighted by molar-refractivity contribution is 0.227. The van der Waals surface area contributed by atoms with E-state index in [1.807, 2.05) is 36.4 Å². The SMILES string of the molecule is CCOP(=O)(OCC)c1nc(-c2ccccc2)c(P(=O)(OCC)OCC)nc1-c1ccccc1. The second-order valence-corrected chi connectivity index (χ2v) is 10.8. The molecule has 0 aliphatic heterocycles. The van der Waals surface area contributed by atoms with E-state index in [1.54, 1.807) is 52.0 Å². The smallest absolute Gasteiger partial charge is 0.304 e. The highest BCUT2D eigenvalue weighted by Gasteiger charge is 2.39. The lowest BCUT2D eigenvalue weighted by atomic mass is 10.1. The Morgan fingerprint density at radius 2 is 0.853 bits per heavy atom. The highest BCUT2D eigenvalue weighted by Crippen LogP contribution is 2.51. The Hall–Kier alpha value is -2.18. The average molecular weight is 504 g/mol. The molecular weight excluding hydrogens is 474 g/mol. The molecule has 10 heteroatoms. The Morgan fingerprint density at radius 1 is 0.559 bits per heavy atom. The van der Waals surface area contributed by atoms with E-state index in [-0.39, 0.29) is 48.7 Å². The van der Waals surface area contributed by atoms with Gasteiger partial charge >= 0.3 is 15.2 Å². The Morgan fingerprint density at radius 3 is 1.12 bits per heavy atom. The largest absolute Gasteiger partial charge is 0.381 e. The van der Waals surface area contributed by atoms with Crippen LogP contribution in [0.2, 0.25) is 0 Å². The van der Waals surface area contributed by atoms with Gasteiger partial charge in [0, 0.05) is 11.1 Å². The molecule has 0 bridgehead atoms. The molecule has 0 spiro atoms. The number of rotatable bonds is 12. The first-order valence-corrected chi connectivity index (χ1v) is 14.3. The summed E-state index contributed by atoms with van der Waals surface area (Å²) in [5.74, 6) is 0. The molecule has 182 valence electrons. The first kappa shape index (κ1) is 26.4. The van der Waals surface area contributed by atoms with Crippen molar-refractivity contribution in [1.29, 1.82) is 0 Å². The van der Waals surface area contributed by atoms with Crippen LogP contribution in [0, 0.1) is 0 Å². The second-order valence-electron chi connectivity index (χ2n) is 6.97. The van der Waals surface area contributed by atoms with Gasteiger partial charge in [0.05, 0.1) is 26.4 Å². The molecule has 3 rings (SSSR count). The van der Waals surface area contributed by atoms with E-state index in [9.17, 15) is 9.13 Å². The van der Waals surface area contributed by atoms with E-state index in [0.717, 1.165) is 0 Å². The molecule has 0 aliphatic rings. The van der Waals surface area contributed by atoms with E-state index in [1.165, 1.54) is 0 Å². The lowest BCUT2D eigenvalue weighted by Gasteiger charge is -2.23. The molecule has 0 amide bonds. The van der Waals surface area contributed by atoms with E-state index in [2.05, 4.69) is 0 Å². The third-order valence-corrected chi connectivity index (χ3v) is 8.72. The molecule has 0 N–H and O–H groups in total. The van der Waals surface area contributed by atoms with Crippen molar-refractivity contribution in [1.82, 2.24) is 9.97 Å². The molecular formula is C24H30N2O6P2. The molecule has 0 radical (unpaired) electrons. The topological polar surface area (TPSA) is 96.8 Å². The Balaban J connectivity index is 2.45. The van der Waals surface area contributed by atoms with Crippen molar-refractivity contribution in [3.8, 4) is 22.5 Å². The van der Waals surface area contributed by atoms with Crippen LogP contribution in [0.4, 0.5) is 0 Å². The fourth-order valence-electron chi connectivity index (χ4n) is 3.38. The monoisotopic (exact) mass is 504 g/mol. The van der Waals surface area contributed by atoms with Crippen LogP contribution in [0.15, 0.2) is 60.7 Å². The molecule has 0 aliphatic carbocycles. The van der Waals surface area contributed by atoms with Crippen molar-refractivity contribution in [3.63, 3.8) is 0 Å². The van der Waals surface area contributed by atoms with Gasteiger partial charge in [-0.2, -0.15) is 0 Å². The van der Waals surface area contributed by atoms with Crippen molar-refractivity contribution in [3.05, 3.63) is 60.7 Å². The van der Waals surface area contributed by atoms with Crippen LogP contribution in [-0.4, -0.2) is 36.4 Å². The molecule has 1 heterocycles. The van der Waals surface area contributed by atoms with Crippen LogP contribution in [0.1, 0.15) is 27.7 Å². The minimum absolute atomic E-state index is 0.0459. The predicted molar refractivity (Wildman–Crippen MR) is 134 cm³/mol. The van der Waals surface area contributed by atoms with Crippen LogP contribution < -0.4 is 10.9 Å². The van der Waals surface area contributed by atoms with Crippen molar-refractivity contribution in [2.75, 3.05) is 26.4 Å². The van der Waals surface area contributed by atoms with Gasteiger partial charge in [0.15, 0.2) is 10.9 Å². The van der Waals surface area contributed by atoms with E-state index < -0.39 is 15.2 Å². The minimum Gasteiger partial charge on any atom is -0.304 e. The molecule has 34 heavy (non-hydrogen) atoms. The lowest BCUT2D eigenvalue weighted by Crippen LogP contribution is -2.28. The Kier molecular flexibility index (Phi) is 9.31. The van der Waals surface area contributed by atoms with Gasteiger partial charge in [0.2, 0.25) is 0 Å². The fraction of sp³-hybridized carbons (Fsp3) is 0.333. The zero-order valence-electron chi connectivity index (χ0n) is 19.8. The number of nitrogens with zero attached hydrogens (tertiary/aromatic N) is 2. The molecule has 0 fully saturated rings. The van der Waals surface area contributed by atoms with Gasteiger partial charge in [0.1, 0.15) is 11.4 Å². The maximum atomic E-state index is 13.9. The molecule has 3 aromatic rings. The molecule has 8 nitrogen and oxygen atoms in total. The quantitative estimate of drug-likeness (QED) is 0.295. The first-order valence-electron chi connectivity index (χ1n) is 11.2. The molecule has 0 atom stereocenters. The fourth-order valence-corrected chi connectivity index (χ4v) is 6.70. The molecule has 2 aromatic carbocycles. The third kappa shape index (κ3) is 5.72. The zero-order chi connectivity index (χ0) is 24.6. The summed E-state index contributed by atoms with van der Waals surface area (Å²) in [5.41, 5.74) is 1.80. The summed E-state index contributed by atoms with van der Waals surface area (Å²) in [6.45, 7) is 7.49. The van der Waals surface area contributed by atoms with Crippen LogP contribution >= 0.6 is 15.2 Å². The highest BCUT2D eigenvalue weighted by atomic mass is 31.2. The maximum Gasteiger partial charge on any atom is 0.381 e. The highest BCUT2D eigenvalue weighted by molar-refractivity contribution is 7.63. The summed E-state index contributed by atoms with van der Waals surface area (Å²) in [4.78, 5) is 9.50. The first-order chi connectivity index (χ1) is 16.4. The number of benzene rings is 2. The summed E-state index contributed by atoms with van der Waals surface area (Å²) in [6, 6.07) is 18.2. The molecule has 0 saturated heterocycles. The average Bonchev–Trinajstić information content (AvgIpc) is 2.85. The van der Waals surface area contributed by atoms with Gasteiger partial charge in [0.25, 0.3) is 0 Å². The van der Waals surface area contributed by atoms with Gasteiger partial charge in [-0.05, 0) is 27.7 Å². The van der Waals surface area contributed by atoms with E-state index in [4.69, 9.17) is 28.1 Å². The summed E-state index contributed by atoms with van der Waals surface area (Å²) in [6.07, 6.45) is 0. The molecule has 0 unspecified atom stereocenters. The summed E-state index contributed by atoms with van der Waals surface area (Å²) in [7, 11) is -7.74. The minimum atomic E-state index is -3.87. The Bertz CT molecular complexity index is 1060. The standard InChI is InChI=1S/C24H30N2O6P2/c1-5-29-33(27,30-6-2)23-21(19-15-11-9-12-16-19)26-24(34(28,31-7-3)32-8-4)22(25-23)20-17-13-10-14-18-20/h9-18H,5-8H2,1-4H3. The van der Waals surface area contributed by atoms with Gasteiger partial charge in [-0.3, -0.25) is 9.13 Å². The second kappa shape index (κ2) is 12.0. The predicted octanol–water partition coefficient (Wildman–Crippen LogP) is 5.59. The van der Waals surface area contributed by atoms with Crippen LogP contribution in [0.25, 0.3) is 22.5 Å². The number of aromatic nitrogens is 2. The van der Waals surface area contributed by atoms with Crippen molar-refractivity contribution < 1.29 is 27.2 Å². The van der Waals surface area contributed by atoms with Crippen LogP contribution in [-0.2, 0) is 27.2 Å². The molecule has 1 aromatic heterocycles. The third-order valence-electron chi connectivity index (χ3n) is 4.67. The normalized spacial score (nSPS) is 12.1. The van der Waals surface area contributed by atoms with E-state index >= 15 is 0 Å². The summed E-state index contributed by atoms with van der Waals surface area (Å²) >= 11 is 0. The van der Waals surface area contributed by atoms with Crippen LogP contribution in [0.3, 0.4) is 0 Å². The van der Waals surface area contributed by atoms with Gasteiger partial charge in [-0.1, -0.05) is 60.7 Å². The molecule has 0 saturated carbocycles. The maximum absolute atomic E-state index is 13.9. The van der Waals surface area contributed by atoms with Crippen molar-refractivity contribution in [2.24, 2.45) is 0 Å². The van der Waals surface area contributed by atoms with Gasteiger partial charge in [-0.25, -0.2) is 9.97 Å². The van der Waals surface area contributed by atoms with Gasteiger partial charge < -0.3 is 18.1 Å². The Labute approximate surface area is 200 Å². The summed E-state index contributed by atoms with van der Waals surface area (Å²) in [5, 5.41) is 0. The number of hydrogen-bond acceptors (Lipinski definition) is 8. The van der Waals surface area contributed by atoms with Crippen molar-refractivity contribution in [2.45, 2.75) is 27.7 Å². The summed E-state index contributed by atoms with van der Waals surface area (Å²) < 4.78 is 50.4. The van der Waals surface area contributed by atoms with Crippen molar-refractivity contribution >= 4 is 26.1 Å². The number of hydrogen-bond donors (Lipinski definition) is 0. The zero-order valence-corrected chi connectivity index (χ0v) is 21.6. The van der Waals surface area contributed by atoms with Crippen LogP contribution in [0.5, 0.6) is 0 Å². The van der Waals surface area contributed by atoms with E-state index in [0.29, 0.717) is 11.1 Å². The van der Waals surface area contributed by atoms with Gasteiger partial charge in [-0.15, -0.1) is 0 Å².